The highest BCUT2D eigenvalue weighted by Gasteiger charge is 2.15. The van der Waals surface area contributed by atoms with E-state index >= 15 is 0 Å². The van der Waals surface area contributed by atoms with Gasteiger partial charge in [0.25, 0.3) is 0 Å². The molecule has 1 aliphatic rings. The minimum atomic E-state index is 0.167. The third kappa shape index (κ3) is 2.23. The highest BCUT2D eigenvalue weighted by molar-refractivity contribution is 7.73. The average Bonchev–Trinajstić information content (AvgIpc) is 3.02. The van der Waals surface area contributed by atoms with Crippen molar-refractivity contribution in [2.24, 2.45) is 17.3 Å². The van der Waals surface area contributed by atoms with Gasteiger partial charge in [-0.1, -0.05) is 30.3 Å². The first-order chi connectivity index (χ1) is 9.66. The van der Waals surface area contributed by atoms with Crippen LogP contribution in [0.25, 0.3) is 6.08 Å². The Bertz CT molecular complexity index is 798. The van der Waals surface area contributed by atoms with Crippen molar-refractivity contribution in [3.63, 3.8) is 0 Å². The lowest BCUT2D eigenvalue weighted by molar-refractivity contribution is 0.430. The Morgan fingerprint density at radius 1 is 1.30 bits per heavy atom. The lowest BCUT2D eigenvalue weighted by Crippen LogP contribution is -2.01. The quantitative estimate of drug-likeness (QED) is 0.864. The fourth-order valence-electron chi connectivity index (χ4n) is 1.89. The third-order valence-electron chi connectivity index (χ3n) is 2.97. The Labute approximate surface area is 125 Å². The molecule has 2 aromatic rings. The fourth-order valence-corrected chi connectivity index (χ4v) is 3.07. The number of thiazole rings is 1. The summed E-state index contributed by atoms with van der Waals surface area (Å²) in [7, 11) is 1.74. The Morgan fingerprint density at radius 2 is 2.05 bits per heavy atom. The summed E-state index contributed by atoms with van der Waals surface area (Å²) in [6.07, 6.45) is 3.54. The van der Waals surface area contributed by atoms with E-state index in [0.717, 1.165) is 16.8 Å². The van der Waals surface area contributed by atoms with E-state index in [2.05, 4.69) is 10.2 Å². The second-order valence-electron chi connectivity index (χ2n) is 4.27. The predicted octanol–water partition coefficient (Wildman–Crippen LogP) is 3.39. The standard InChI is InChI=1S/C14H11N3OS2/c1-17-13(18)11(20-14(17)19)7-10-8-15-16-12(10)9-5-3-2-4-6-9/h2-8,18H,1H3/b10-7-. The van der Waals surface area contributed by atoms with Crippen LogP contribution in [0.15, 0.2) is 46.1 Å². The molecule has 0 unspecified atom stereocenters. The van der Waals surface area contributed by atoms with Gasteiger partial charge in [0.2, 0.25) is 5.88 Å². The molecule has 0 spiro atoms. The summed E-state index contributed by atoms with van der Waals surface area (Å²) < 4.78 is 2.21. The maximum absolute atomic E-state index is 10.0. The highest BCUT2D eigenvalue weighted by Crippen LogP contribution is 2.28. The minimum absolute atomic E-state index is 0.167. The molecule has 1 aromatic heterocycles. The van der Waals surface area contributed by atoms with Gasteiger partial charge in [-0.3, -0.25) is 4.57 Å². The molecule has 1 N–H and O–H groups in total. The molecule has 1 aromatic carbocycles. The van der Waals surface area contributed by atoms with Crippen LogP contribution in [-0.4, -0.2) is 21.6 Å². The summed E-state index contributed by atoms with van der Waals surface area (Å²) >= 11 is 6.51. The largest absolute Gasteiger partial charge is 0.493 e. The van der Waals surface area contributed by atoms with Crippen molar-refractivity contribution in [3.8, 4) is 5.88 Å². The molecule has 0 radical (unpaired) electrons. The number of rotatable bonds is 2. The van der Waals surface area contributed by atoms with E-state index < -0.39 is 0 Å². The van der Waals surface area contributed by atoms with E-state index in [9.17, 15) is 5.11 Å². The molecule has 2 heterocycles. The topological polar surface area (TPSA) is 49.9 Å². The van der Waals surface area contributed by atoms with Gasteiger partial charge in [-0.25, -0.2) is 0 Å². The molecule has 3 rings (SSSR count). The fraction of sp³-hybridized carbons (Fsp3) is 0.0714. The molecule has 0 saturated carbocycles. The number of allylic oxidation sites excluding steroid dienone is 1. The summed E-state index contributed by atoms with van der Waals surface area (Å²) in [6.45, 7) is 0. The van der Waals surface area contributed by atoms with E-state index in [-0.39, 0.29) is 5.88 Å². The Kier molecular flexibility index (Phi) is 3.33. The maximum Gasteiger partial charge on any atom is 0.210 e. The minimum Gasteiger partial charge on any atom is -0.493 e. The monoisotopic (exact) mass is 301 g/mol. The first kappa shape index (κ1) is 13.0. The third-order valence-corrected chi connectivity index (χ3v) is 4.46. The van der Waals surface area contributed by atoms with E-state index in [1.165, 1.54) is 11.3 Å². The molecule has 0 atom stereocenters. The van der Waals surface area contributed by atoms with Crippen LogP contribution in [0.2, 0.25) is 0 Å². The summed E-state index contributed by atoms with van der Waals surface area (Å²) in [6, 6.07) is 9.83. The Balaban J connectivity index is 2.04. The number of hydrogen-bond donors (Lipinski definition) is 1. The molecule has 0 fully saturated rings. The number of aromatic nitrogens is 1. The first-order valence-corrected chi connectivity index (χ1v) is 7.16. The van der Waals surface area contributed by atoms with Gasteiger partial charge < -0.3 is 5.11 Å². The average molecular weight is 301 g/mol. The SMILES string of the molecule is Cn1c(O)c(/C=C2/C=NN=C2c2ccccc2)sc1=S. The molecule has 4 nitrogen and oxygen atoms in total. The van der Waals surface area contributed by atoms with Gasteiger partial charge >= 0.3 is 0 Å². The van der Waals surface area contributed by atoms with E-state index in [1.807, 2.05) is 36.4 Å². The number of aromatic hydroxyl groups is 1. The predicted molar refractivity (Wildman–Crippen MR) is 85.2 cm³/mol. The maximum atomic E-state index is 10.0. The summed E-state index contributed by atoms with van der Waals surface area (Å²) in [5, 5.41) is 18.1. The summed E-state index contributed by atoms with van der Waals surface area (Å²) in [5.74, 6) is 0.167. The molecule has 0 aliphatic carbocycles. The smallest absolute Gasteiger partial charge is 0.210 e. The second kappa shape index (κ2) is 5.15. The van der Waals surface area contributed by atoms with Crippen LogP contribution >= 0.6 is 23.6 Å². The Morgan fingerprint density at radius 3 is 2.70 bits per heavy atom. The van der Waals surface area contributed by atoms with E-state index in [4.69, 9.17) is 12.2 Å². The van der Waals surface area contributed by atoms with Crippen molar-refractivity contribution in [2.75, 3.05) is 0 Å². The molecule has 1 aliphatic heterocycles. The van der Waals surface area contributed by atoms with E-state index in [1.54, 1.807) is 17.8 Å². The van der Waals surface area contributed by atoms with Crippen LogP contribution in [0, 0.1) is 3.95 Å². The van der Waals surface area contributed by atoms with E-state index in [0.29, 0.717) is 8.83 Å². The highest BCUT2D eigenvalue weighted by atomic mass is 32.1. The van der Waals surface area contributed by atoms with Crippen molar-refractivity contribution in [1.29, 1.82) is 0 Å². The van der Waals surface area contributed by atoms with Crippen LogP contribution in [0.3, 0.4) is 0 Å². The molecular formula is C14H11N3OS2. The van der Waals surface area contributed by atoms with Gasteiger partial charge in [-0.05, 0) is 18.3 Å². The second-order valence-corrected chi connectivity index (χ2v) is 5.95. The lowest BCUT2D eigenvalue weighted by Gasteiger charge is -2.01. The van der Waals surface area contributed by atoms with Gasteiger partial charge in [-0.15, -0.1) is 16.4 Å². The lowest BCUT2D eigenvalue weighted by atomic mass is 10.0. The van der Waals surface area contributed by atoms with Crippen LogP contribution in [0.4, 0.5) is 0 Å². The molecule has 0 bridgehead atoms. The number of hydrogen-bond acceptors (Lipinski definition) is 5. The van der Waals surface area contributed by atoms with Gasteiger partial charge in [0.1, 0.15) is 5.71 Å². The van der Waals surface area contributed by atoms with Gasteiger partial charge in [0, 0.05) is 18.2 Å². The van der Waals surface area contributed by atoms with Crippen molar-refractivity contribution >= 4 is 41.6 Å². The molecular weight excluding hydrogens is 290 g/mol. The zero-order valence-corrected chi connectivity index (χ0v) is 12.3. The van der Waals surface area contributed by atoms with Crippen molar-refractivity contribution < 1.29 is 5.11 Å². The normalized spacial score (nSPS) is 15.8. The Hall–Kier alpha value is -2.05. The first-order valence-electron chi connectivity index (χ1n) is 5.94. The summed E-state index contributed by atoms with van der Waals surface area (Å²) in [4.78, 5) is 0.712. The van der Waals surface area contributed by atoms with Gasteiger partial charge in [0.05, 0.1) is 11.1 Å². The van der Waals surface area contributed by atoms with Crippen LogP contribution in [0.1, 0.15) is 10.4 Å². The number of nitrogens with zero attached hydrogens (tertiary/aromatic N) is 3. The summed E-state index contributed by atoms with van der Waals surface area (Å²) in [5.41, 5.74) is 2.66. The van der Waals surface area contributed by atoms with Gasteiger partial charge in [-0.2, -0.15) is 5.10 Å². The molecule has 20 heavy (non-hydrogen) atoms. The van der Waals surface area contributed by atoms with Crippen LogP contribution in [0.5, 0.6) is 5.88 Å². The molecule has 0 amide bonds. The van der Waals surface area contributed by atoms with Crippen molar-refractivity contribution in [1.82, 2.24) is 4.57 Å². The zero-order valence-electron chi connectivity index (χ0n) is 10.6. The van der Waals surface area contributed by atoms with Crippen molar-refractivity contribution in [2.45, 2.75) is 0 Å². The number of benzene rings is 1. The molecule has 0 saturated heterocycles. The van der Waals surface area contributed by atoms with Crippen LogP contribution < -0.4 is 0 Å². The van der Waals surface area contributed by atoms with Crippen LogP contribution in [-0.2, 0) is 7.05 Å². The van der Waals surface area contributed by atoms with Gasteiger partial charge in [0.15, 0.2) is 3.95 Å². The van der Waals surface area contributed by atoms with Crippen molar-refractivity contribution in [3.05, 3.63) is 50.3 Å². The zero-order chi connectivity index (χ0) is 14.1. The molecule has 6 heteroatoms. The molecule has 100 valence electrons.